The minimum absolute atomic E-state index is 0.0577. The number of fused-ring (bicyclic) bond motifs is 1. The van der Waals surface area contributed by atoms with Gasteiger partial charge >= 0.3 is 18.1 Å². The van der Waals surface area contributed by atoms with Gasteiger partial charge in [-0.05, 0) is 6.07 Å². The number of ether oxygens (including phenoxy) is 1. The molecule has 0 bridgehead atoms. The van der Waals surface area contributed by atoms with E-state index >= 15 is 0 Å². The molecule has 0 aliphatic carbocycles. The summed E-state index contributed by atoms with van der Waals surface area (Å²) >= 11 is 0. The highest BCUT2D eigenvalue weighted by Gasteiger charge is 2.43. The molecule has 4 aromatic rings. The van der Waals surface area contributed by atoms with Crippen LogP contribution in [0.5, 0.6) is 11.6 Å². The number of nitrogens with zero attached hydrogens (tertiary/aromatic N) is 7. The number of hydroxylamine groups is 1. The second kappa shape index (κ2) is 9.36. The van der Waals surface area contributed by atoms with Crippen molar-refractivity contribution in [2.24, 2.45) is 0 Å². The van der Waals surface area contributed by atoms with Gasteiger partial charge in [0.1, 0.15) is 12.1 Å². The van der Waals surface area contributed by atoms with Gasteiger partial charge < -0.3 is 14.1 Å². The van der Waals surface area contributed by atoms with E-state index in [0.717, 1.165) is 13.0 Å². The standard InChI is InChI=1S/C21H14F5N7O4/c1-11(34)33(37-19(35)21(24,25)26)15-5-14-12(7-29-15)3-4-32(14)16-6-17(31-18(30-16)20(2,22)23)36-13-8-27-10-28-9-13/h3-10H,1-2H3. The first kappa shape index (κ1) is 25.3. The molecule has 16 heteroatoms. The molecule has 0 unspecified atom stereocenters. The molecular formula is C21H14F5N7O4. The Hall–Kier alpha value is -4.76. The van der Waals surface area contributed by atoms with E-state index in [1.807, 2.05) is 0 Å². The summed E-state index contributed by atoms with van der Waals surface area (Å²) in [7, 11) is 0. The minimum Gasteiger partial charge on any atom is -0.436 e. The van der Waals surface area contributed by atoms with Crippen molar-refractivity contribution in [3.63, 3.8) is 0 Å². The number of anilines is 1. The van der Waals surface area contributed by atoms with Crippen molar-refractivity contribution in [1.82, 2.24) is 29.5 Å². The molecule has 0 saturated heterocycles. The van der Waals surface area contributed by atoms with E-state index in [9.17, 15) is 31.5 Å². The number of amides is 1. The molecule has 0 atom stereocenters. The third-order valence-corrected chi connectivity index (χ3v) is 4.55. The molecule has 0 aliphatic heterocycles. The third kappa shape index (κ3) is 5.57. The molecule has 0 spiro atoms. The van der Waals surface area contributed by atoms with Gasteiger partial charge in [0, 0.05) is 43.8 Å². The summed E-state index contributed by atoms with van der Waals surface area (Å²) in [5, 5.41) is 0.444. The normalized spacial score (nSPS) is 11.9. The van der Waals surface area contributed by atoms with Crippen molar-refractivity contribution in [2.75, 3.05) is 5.06 Å². The third-order valence-electron chi connectivity index (χ3n) is 4.55. The molecule has 11 nitrogen and oxygen atoms in total. The Morgan fingerprint density at radius 1 is 1.03 bits per heavy atom. The van der Waals surface area contributed by atoms with Crippen LogP contribution < -0.4 is 9.80 Å². The number of hydrogen-bond donors (Lipinski definition) is 0. The zero-order valence-corrected chi connectivity index (χ0v) is 18.8. The molecular weight excluding hydrogens is 509 g/mol. The fraction of sp³-hybridized carbons (Fsp3) is 0.190. The molecule has 0 saturated carbocycles. The van der Waals surface area contributed by atoms with Crippen molar-refractivity contribution >= 4 is 28.6 Å². The van der Waals surface area contributed by atoms with Gasteiger partial charge in [0.25, 0.3) is 5.91 Å². The average molecular weight is 523 g/mol. The summed E-state index contributed by atoms with van der Waals surface area (Å²) < 4.78 is 73.1. The largest absolute Gasteiger partial charge is 0.493 e. The Balaban J connectivity index is 1.80. The van der Waals surface area contributed by atoms with Crippen molar-refractivity contribution in [1.29, 1.82) is 0 Å². The van der Waals surface area contributed by atoms with Crippen LogP contribution in [0, 0.1) is 0 Å². The Labute approximate surface area is 203 Å². The first-order valence-corrected chi connectivity index (χ1v) is 10.1. The second-order valence-corrected chi connectivity index (χ2v) is 7.43. The number of aromatic nitrogens is 6. The van der Waals surface area contributed by atoms with Gasteiger partial charge in [0.2, 0.25) is 11.7 Å². The molecule has 0 aliphatic rings. The van der Waals surface area contributed by atoms with Crippen molar-refractivity contribution in [3.8, 4) is 17.4 Å². The second-order valence-electron chi connectivity index (χ2n) is 7.43. The first-order valence-electron chi connectivity index (χ1n) is 10.1. The highest BCUT2D eigenvalue weighted by atomic mass is 19.4. The van der Waals surface area contributed by atoms with Gasteiger partial charge in [0.15, 0.2) is 11.6 Å². The van der Waals surface area contributed by atoms with Gasteiger partial charge in [-0.3, -0.25) is 4.79 Å². The quantitative estimate of drug-likeness (QED) is 0.283. The Bertz CT molecular complexity index is 1470. The predicted octanol–water partition coefficient (Wildman–Crippen LogP) is 3.88. The highest BCUT2D eigenvalue weighted by Crippen LogP contribution is 2.30. The van der Waals surface area contributed by atoms with Crippen LogP contribution in [-0.4, -0.2) is 47.5 Å². The smallest absolute Gasteiger partial charge is 0.436 e. The molecule has 0 aromatic carbocycles. The molecule has 192 valence electrons. The molecule has 0 N–H and O–H groups in total. The number of carbonyl (C=O) groups excluding carboxylic acids is 2. The lowest BCUT2D eigenvalue weighted by Crippen LogP contribution is -2.38. The van der Waals surface area contributed by atoms with Crippen LogP contribution in [0.25, 0.3) is 16.7 Å². The lowest BCUT2D eigenvalue weighted by molar-refractivity contribution is -0.201. The molecule has 4 rings (SSSR count). The van der Waals surface area contributed by atoms with Crippen LogP contribution >= 0.6 is 0 Å². The predicted molar refractivity (Wildman–Crippen MR) is 114 cm³/mol. The SMILES string of the molecule is CC(=O)N(OC(=O)C(F)(F)F)c1cc2c(ccn2-c2cc(Oc3cncnc3)nc(C(C)(F)F)n2)cn1. The van der Waals surface area contributed by atoms with Gasteiger partial charge in [0.05, 0.1) is 17.9 Å². The van der Waals surface area contributed by atoms with Crippen LogP contribution in [-0.2, 0) is 20.3 Å². The average Bonchev–Trinajstić information content (AvgIpc) is 3.24. The summed E-state index contributed by atoms with van der Waals surface area (Å²) in [6, 6.07) is 3.83. The number of halogens is 5. The summed E-state index contributed by atoms with van der Waals surface area (Å²) in [5.74, 6) is -8.87. The van der Waals surface area contributed by atoms with Crippen molar-refractivity contribution in [3.05, 3.63) is 55.1 Å². The van der Waals surface area contributed by atoms with Crippen molar-refractivity contribution < 1.29 is 41.1 Å². The summed E-state index contributed by atoms with van der Waals surface area (Å²) in [5.41, 5.74) is 0.164. The number of rotatable bonds is 5. The molecule has 0 radical (unpaired) electrons. The van der Waals surface area contributed by atoms with E-state index in [2.05, 4.69) is 29.8 Å². The van der Waals surface area contributed by atoms with Crippen LogP contribution in [0.2, 0.25) is 0 Å². The van der Waals surface area contributed by atoms with Gasteiger partial charge in [-0.15, -0.1) is 5.06 Å². The van der Waals surface area contributed by atoms with E-state index < -0.39 is 35.6 Å². The van der Waals surface area contributed by atoms with Crippen molar-refractivity contribution in [2.45, 2.75) is 25.9 Å². The van der Waals surface area contributed by atoms with Gasteiger partial charge in [-0.1, -0.05) is 0 Å². The van der Waals surface area contributed by atoms with Crippen LogP contribution in [0.4, 0.5) is 27.8 Å². The zero-order valence-electron chi connectivity index (χ0n) is 18.8. The minimum atomic E-state index is -5.37. The maximum Gasteiger partial charge on any atom is 0.493 e. The highest BCUT2D eigenvalue weighted by molar-refractivity contribution is 5.93. The summed E-state index contributed by atoms with van der Waals surface area (Å²) in [6.45, 7) is 1.43. The Kier molecular flexibility index (Phi) is 6.41. The molecule has 37 heavy (non-hydrogen) atoms. The lowest BCUT2D eigenvalue weighted by Gasteiger charge is -2.19. The number of pyridine rings is 1. The van der Waals surface area contributed by atoms with Crippen LogP contribution in [0.1, 0.15) is 19.7 Å². The summed E-state index contributed by atoms with van der Waals surface area (Å²) in [6.07, 6.45) is 0.998. The fourth-order valence-corrected chi connectivity index (χ4v) is 2.98. The maximum atomic E-state index is 14.2. The summed E-state index contributed by atoms with van der Waals surface area (Å²) in [4.78, 5) is 46.4. The van der Waals surface area contributed by atoms with E-state index in [-0.39, 0.29) is 28.0 Å². The van der Waals surface area contributed by atoms with Crippen LogP contribution in [0.3, 0.4) is 0 Å². The van der Waals surface area contributed by atoms with E-state index in [0.29, 0.717) is 12.3 Å². The maximum absolute atomic E-state index is 14.2. The van der Waals surface area contributed by atoms with E-state index in [4.69, 9.17) is 4.74 Å². The Morgan fingerprint density at radius 2 is 1.73 bits per heavy atom. The lowest BCUT2D eigenvalue weighted by atomic mass is 10.3. The first-order chi connectivity index (χ1) is 17.3. The van der Waals surface area contributed by atoms with Crippen LogP contribution in [0.15, 0.2) is 49.3 Å². The topological polar surface area (TPSA) is 125 Å². The molecule has 4 aromatic heterocycles. The van der Waals surface area contributed by atoms with E-state index in [1.54, 1.807) is 0 Å². The number of alkyl halides is 5. The monoisotopic (exact) mass is 523 g/mol. The Morgan fingerprint density at radius 3 is 2.35 bits per heavy atom. The fourth-order valence-electron chi connectivity index (χ4n) is 2.98. The van der Waals surface area contributed by atoms with Gasteiger partial charge in [-0.2, -0.15) is 26.9 Å². The molecule has 4 heterocycles. The number of carbonyl (C=O) groups is 2. The zero-order chi connectivity index (χ0) is 27.0. The number of hydrogen-bond acceptors (Lipinski definition) is 9. The van der Waals surface area contributed by atoms with Gasteiger partial charge in [-0.25, -0.2) is 24.7 Å². The molecule has 1 amide bonds. The van der Waals surface area contributed by atoms with E-state index in [1.165, 1.54) is 47.8 Å². The molecule has 0 fully saturated rings.